The number of aliphatic imine (C=N–C) groups is 1. The van der Waals surface area contributed by atoms with Gasteiger partial charge in [-0.15, -0.1) is 0 Å². The quantitative estimate of drug-likeness (QED) is 0.117. The van der Waals surface area contributed by atoms with Gasteiger partial charge in [-0.1, -0.05) is 89.4 Å². The Morgan fingerprint density at radius 2 is 1.73 bits per heavy atom. The Bertz CT molecular complexity index is 1580. The van der Waals surface area contributed by atoms with E-state index >= 15 is 0 Å². The number of halogens is 2. The minimum Gasteiger partial charge on any atom is -0.494 e. The van der Waals surface area contributed by atoms with Crippen molar-refractivity contribution in [2.45, 2.75) is 37.8 Å². The highest BCUT2D eigenvalue weighted by atomic mass is 35.5. The van der Waals surface area contributed by atoms with Crippen molar-refractivity contribution in [1.82, 2.24) is 10.9 Å². The summed E-state index contributed by atoms with van der Waals surface area (Å²) >= 11 is 13.0. The molecule has 2 atom stereocenters. The lowest BCUT2D eigenvalue weighted by Crippen LogP contribution is -2.54. The van der Waals surface area contributed by atoms with Crippen LogP contribution in [0.15, 0.2) is 102 Å². The molecule has 1 aliphatic heterocycles. The molecular formula is C35H35Cl2N3O4. The summed E-state index contributed by atoms with van der Waals surface area (Å²) in [6.45, 7) is 3.04. The zero-order chi connectivity index (χ0) is 30.9. The molecule has 1 aliphatic rings. The van der Waals surface area contributed by atoms with Gasteiger partial charge in [0.2, 0.25) is 5.90 Å². The number of rotatable bonds is 13. The van der Waals surface area contributed by atoms with Gasteiger partial charge in [0.1, 0.15) is 5.75 Å². The number of hydrogen-bond acceptors (Lipinski definition) is 6. The first-order chi connectivity index (χ1) is 21.4. The molecule has 3 N–H and O–H groups in total. The molecule has 4 aromatic carbocycles. The van der Waals surface area contributed by atoms with Crippen LogP contribution < -0.4 is 15.6 Å². The normalized spacial score (nSPS) is 17.5. The summed E-state index contributed by atoms with van der Waals surface area (Å²) in [5, 5.41) is 9.90. The standard InChI is InChI=1S/C35H35Cl2N3O4/c1-24-8-10-25(11-9-24)18-19-38-40-34(42)35(23-26-6-3-2-4-7-26)32(30-17-14-28(36)22-31(30)37)44-33(39-35)27-12-15-29(16-13-27)43-21-5-20-41/h2-4,6-17,22,32,38,41H,5,18-21,23H2,1H3,(H,40,42)/t32-,35-/m0/s1. The maximum atomic E-state index is 14.3. The molecule has 0 aliphatic carbocycles. The van der Waals surface area contributed by atoms with E-state index in [2.05, 4.69) is 42.0 Å². The number of ether oxygens (including phenoxy) is 2. The molecule has 44 heavy (non-hydrogen) atoms. The number of benzene rings is 4. The Morgan fingerprint density at radius 1 is 0.977 bits per heavy atom. The summed E-state index contributed by atoms with van der Waals surface area (Å²) in [6, 6.07) is 30.5. The van der Waals surface area contributed by atoms with Gasteiger partial charge in [0, 0.05) is 47.2 Å². The summed E-state index contributed by atoms with van der Waals surface area (Å²) in [6.07, 6.45) is 0.685. The highest BCUT2D eigenvalue weighted by Gasteiger charge is 2.54. The lowest BCUT2D eigenvalue weighted by molar-refractivity contribution is -0.130. The van der Waals surface area contributed by atoms with Crippen LogP contribution in [0.5, 0.6) is 5.75 Å². The van der Waals surface area contributed by atoms with Gasteiger partial charge in [-0.25, -0.2) is 10.4 Å². The number of aliphatic hydroxyl groups excluding tert-OH is 1. The maximum absolute atomic E-state index is 14.3. The average molecular weight is 633 g/mol. The minimum atomic E-state index is -1.40. The topological polar surface area (TPSA) is 92.2 Å². The third-order valence-electron chi connectivity index (χ3n) is 7.45. The van der Waals surface area contributed by atoms with Crippen molar-refractivity contribution in [3.63, 3.8) is 0 Å². The van der Waals surface area contributed by atoms with Crippen molar-refractivity contribution >= 4 is 35.0 Å². The number of carbonyl (C=O) groups excluding carboxylic acids is 1. The van der Waals surface area contributed by atoms with Gasteiger partial charge in [-0.05, 0) is 60.9 Å². The zero-order valence-corrected chi connectivity index (χ0v) is 25.9. The predicted molar refractivity (Wildman–Crippen MR) is 174 cm³/mol. The molecule has 1 heterocycles. The molecule has 4 aromatic rings. The van der Waals surface area contributed by atoms with E-state index in [-0.39, 0.29) is 18.9 Å². The van der Waals surface area contributed by atoms with E-state index < -0.39 is 11.6 Å². The predicted octanol–water partition coefficient (Wildman–Crippen LogP) is 6.43. The first-order valence-electron chi connectivity index (χ1n) is 14.6. The second-order valence-corrected chi connectivity index (χ2v) is 11.6. The Morgan fingerprint density at radius 3 is 2.43 bits per heavy atom. The van der Waals surface area contributed by atoms with Crippen LogP contribution in [-0.2, 0) is 22.4 Å². The SMILES string of the molecule is Cc1ccc(CCNNC(=O)[C@@]2(Cc3ccccc3)N=C(c3ccc(OCCCO)cc3)O[C@H]2c2ccc(Cl)cc2Cl)cc1. The van der Waals surface area contributed by atoms with Crippen LogP contribution in [0.1, 0.15) is 40.3 Å². The van der Waals surface area contributed by atoms with Crippen molar-refractivity contribution in [1.29, 1.82) is 0 Å². The van der Waals surface area contributed by atoms with E-state index in [0.29, 0.717) is 52.4 Å². The molecule has 0 radical (unpaired) electrons. The summed E-state index contributed by atoms with van der Waals surface area (Å²) in [7, 11) is 0. The fourth-order valence-electron chi connectivity index (χ4n) is 5.09. The average Bonchev–Trinajstić information content (AvgIpc) is 3.41. The summed E-state index contributed by atoms with van der Waals surface area (Å²) in [5.74, 6) is 0.623. The molecule has 0 aromatic heterocycles. The van der Waals surface area contributed by atoms with Crippen molar-refractivity contribution in [3.05, 3.63) is 135 Å². The summed E-state index contributed by atoms with van der Waals surface area (Å²) < 4.78 is 12.2. The first kappa shape index (κ1) is 31.5. The number of hydrogen-bond donors (Lipinski definition) is 3. The third-order valence-corrected chi connectivity index (χ3v) is 8.01. The molecule has 0 saturated carbocycles. The van der Waals surface area contributed by atoms with Gasteiger partial charge in [-0.2, -0.15) is 0 Å². The molecular weight excluding hydrogens is 597 g/mol. The van der Waals surface area contributed by atoms with Crippen LogP contribution in [0, 0.1) is 6.92 Å². The molecule has 228 valence electrons. The van der Waals surface area contributed by atoms with E-state index in [4.69, 9.17) is 42.8 Å². The third kappa shape index (κ3) is 7.60. The van der Waals surface area contributed by atoms with Crippen molar-refractivity contribution < 1.29 is 19.4 Å². The number of hydrazine groups is 1. The maximum Gasteiger partial charge on any atom is 0.266 e. The van der Waals surface area contributed by atoms with Gasteiger partial charge in [0.15, 0.2) is 11.6 Å². The number of nitrogens with one attached hydrogen (secondary N) is 2. The number of aliphatic hydroxyl groups is 1. The lowest BCUT2D eigenvalue weighted by atomic mass is 9.82. The fraction of sp³-hybridized carbons (Fsp3) is 0.257. The Labute approximate surface area is 267 Å². The van der Waals surface area contributed by atoms with Gasteiger partial charge in [-0.3, -0.25) is 10.2 Å². The Hall–Kier alpha value is -3.88. The monoisotopic (exact) mass is 631 g/mol. The van der Waals surface area contributed by atoms with Crippen LogP contribution in [-0.4, -0.2) is 42.2 Å². The van der Waals surface area contributed by atoms with Crippen molar-refractivity contribution in [2.75, 3.05) is 19.8 Å². The molecule has 1 amide bonds. The molecule has 7 nitrogen and oxygen atoms in total. The molecule has 0 bridgehead atoms. The van der Waals surface area contributed by atoms with E-state index in [1.807, 2.05) is 54.6 Å². The first-order valence-corrected chi connectivity index (χ1v) is 15.3. The molecule has 5 rings (SSSR count). The highest BCUT2D eigenvalue weighted by molar-refractivity contribution is 6.35. The van der Waals surface area contributed by atoms with E-state index in [0.717, 1.165) is 17.5 Å². The smallest absolute Gasteiger partial charge is 0.266 e. The van der Waals surface area contributed by atoms with Crippen molar-refractivity contribution in [2.24, 2.45) is 4.99 Å². The molecule has 0 fully saturated rings. The van der Waals surface area contributed by atoms with Crippen LogP contribution in [0.4, 0.5) is 0 Å². The van der Waals surface area contributed by atoms with Crippen LogP contribution in [0.2, 0.25) is 10.0 Å². The second-order valence-electron chi connectivity index (χ2n) is 10.7. The Balaban J connectivity index is 1.48. The largest absolute Gasteiger partial charge is 0.494 e. The van der Waals surface area contributed by atoms with Gasteiger partial charge >= 0.3 is 0 Å². The molecule has 0 saturated heterocycles. The second kappa shape index (κ2) is 14.7. The van der Waals surface area contributed by atoms with Crippen LogP contribution in [0.25, 0.3) is 0 Å². The summed E-state index contributed by atoms with van der Waals surface area (Å²) in [4.78, 5) is 19.3. The number of amides is 1. The molecule has 9 heteroatoms. The highest BCUT2D eigenvalue weighted by Crippen LogP contribution is 2.45. The van der Waals surface area contributed by atoms with E-state index in [9.17, 15) is 4.79 Å². The van der Waals surface area contributed by atoms with Gasteiger partial charge in [0.05, 0.1) is 6.61 Å². The lowest BCUT2D eigenvalue weighted by Gasteiger charge is -2.31. The minimum absolute atomic E-state index is 0.0593. The number of nitrogens with zero attached hydrogens (tertiary/aromatic N) is 1. The fourth-order valence-corrected chi connectivity index (χ4v) is 5.60. The summed E-state index contributed by atoms with van der Waals surface area (Å²) in [5.41, 5.74) is 9.19. The molecule has 0 unspecified atom stereocenters. The van der Waals surface area contributed by atoms with Crippen LogP contribution in [0.3, 0.4) is 0 Å². The van der Waals surface area contributed by atoms with E-state index in [1.165, 1.54) is 5.56 Å². The van der Waals surface area contributed by atoms with Crippen molar-refractivity contribution in [3.8, 4) is 5.75 Å². The van der Waals surface area contributed by atoms with Crippen LogP contribution >= 0.6 is 23.2 Å². The number of aryl methyl sites for hydroxylation is 1. The van der Waals surface area contributed by atoms with Gasteiger partial charge in [0.25, 0.3) is 5.91 Å². The van der Waals surface area contributed by atoms with E-state index in [1.54, 1.807) is 18.2 Å². The Kier molecular flexibility index (Phi) is 10.6. The van der Waals surface area contributed by atoms with Gasteiger partial charge < -0.3 is 14.6 Å². The molecule has 0 spiro atoms. The number of carbonyl (C=O) groups is 1. The zero-order valence-electron chi connectivity index (χ0n) is 24.4.